The highest BCUT2D eigenvalue weighted by Crippen LogP contribution is 2.27. The summed E-state index contributed by atoms with van der Waals surface area (Å²) >= 11 is 0. The van der Waals surface area contributed by atoms with Crippen LogP contribution in [0.25, 0.3) is 11.1 Å². The third kappa shape index (κ3) is 4.82. The Bertz CT molecular complexity index is 761. The van der Waals surface area contributed by atoms with Crippen LogP contribution in [0.15, 0.2) is 30.3 Å². The van der Waals surface area contributed by atoms with Gasteiger partial charge in [-0.2, -0.15) is 5.10 Å². The van der Waals surface area contributed by atoms with Crippen molar-refractivity contribution in [3.05, 3.63) is 41.7 Å². The van der Waals surface area contributed by atoms with E-state index in [0.717, 1.165) is 5.56 Å². The van der Waals surface area contributed by atoms with Crippen molar-refractivity contribution in [2.75, 3.05) is 6.54 Å². The van der Waals surface area contributed by atoms with E-state index in [1.54, 1.807) is 27.7 Å². The normalized spacial score (nSPS) is 11.2. The van der Waals surface area contributed by atoms with Gasteiger partial charge in [0.1, 0.15) is 5.60 Å². The smallest absolute Gasteiger partial charge is 0.407 e. The van der Waals surface area contributed by atoms with E-state index in [2.05, 4.69) is 10.4 Å². The zero-order chi connectivity index (χ0) is 18.6. The maximum Gasteiger partial charge on any atom is 0.407 e. The average Bonchev–Trinajstić information content (AvgIpc) is 2.83. The zero-order valence-electron chi connectivity index (χ0n) is 14.9. The third-order valence-corrected chi connectivity index (χ3v) is 3.38. The molecule has 2 aromatic rings. The van der Waals surface area contributed by atoms with Gasteiger partial charge in [-0.3, -0.25) is 4.68 Å². The summed E-state index contributed by atoms with van der Waals surface area (Å²) < 4.78 is 6.56. The number of hydrogen-bond acceptors (Lipinski definition) is 4. The summed E-state index contributed by atoms with van der Waals surface area (Å²) in [7, 11) is 0. The van der Waals surface area contributed by atoms with Crippen LogP contribution in [0, 0.1) is 6.92 Å². The predicted molar refractivity (Wildman–Crippen MR) is 93.6 cm³/mol. The highest BCUT2D eigenvalue weighted by Gasteiger charge is 2.22. The Morgan fingerprint density at radius 2 is 1.88 bits per heavy atom. The first-order valence-corrected chi connectivity index (χ1v) is 8.02. The van der Waals surface area contributed by atoms with E-state index in [4.69, 9.17) is 4.74 Å². The molecule has 0 aliphatic heterocycles. The molecular weight excluding hydrogens is 322 g/mol. The number of aromatic carboxylic acids is 1. The Hall–Kier alpha value is -2.83. The van der Waals surface area contributed by atoms with Crippen LogP contribution in [0.4, 0.5) is 4.79 Å². The van der Waals surface area contributed by atoms with E-state index >= 15 is 0 Å². The summed E-state index contributed by atoms with van der Waals surface area (Å²) in [4.78, 5) is 23.4. The van der Waals surface area contributed by atoms with Gasteiger partial charge < -0.3 is 15.2 Å². The van der Waals surface area contributed by atoms with Gasteiger partial charge in [0.05, 0.1) is 12.2 Å². The van der Waals surface area contributed by atoms with Crippen LogP contribution in [0.3, 0.4) is 0 Å². The number of hydrogen-bond donors (Lipinski definition) is 2. The quantitative estimate of drug-likeness (QED) is 0.868. The van der Waals surface area contributed by atoms with Crippen molar-refractivity contribution in [3.63, 3.8) is 0 Å². The van der Waals surface area contributed by atoms with Crippen LogP contribution in [-0.4, -0.2) is 39.1 Å². The fourth-order valence-electron chi connectivity index (χ4n) is 2.49. The van der Waals surface area contributed by atoms with Crippen molar-refractivity contribution in [2.24, 2.45) is 0 Å². The number of carboxylic acid groups (broad SMARTS) is 1. The molecule has 25 heavy (non-hydrogen) atoms. The molecule has 0 unspecified atom stereocenters. The van der Waals surface area contributed by atoms with Gasteiger partial charge in [-0.25, -0.2) is 9.59 Å². The van der Waals surface area contributed by atoms with Gasteiger partial charge >= 0.3 is 12.1 Å². The molecule has 0 radical (unpaired) electrons. The van der Waals surface area contributed by atoms with Crippen LogP contribution in [-0.2, 0) is 11.3 Å². The van der Waals surface area contributed by atoms with E-state index in [-0.39, 0.29) is 18.8 Å². The van der Waals surface area contributed by atoms with Crippen LogP contribution in [0.1, 0.15) is 37.0 Å². The van der Waals surface area contributed by atoms with Gasteiger partial charge in [-0.1, -0.05) is 30.3 Å². The van der Waals surface area contributed by atoms with Crippen molar-refractivity contribution in [1.82, 2.24) is 15.1 Å². The summed E-state index contributed by atoms with van der Waals surface area (Å²) in [6.45, 7) is 7.54. The molecular formula is C18H23N3O4. The van der Waals surface area contributed by atoms with Crippen LogP contribution in [0.5, 0.6) is 0 Å². The second kappa shape index (κ2) is 7.38. The Morgan fingerprint density at radius 3 is 2.44 bits per heavy atom. The lowest BCUT2D eigenvalue weighted by Crippen LogP contribution is -2.34. The fraction of sp³-hybridized carbons (Fsp3) is 0.389. The minimum atomic E-state index is -1.06. The molecule has 0 saturated heterocycles. The number of alkyl carbamates (subject to hydrolysis) is 1. The number of carbonyl (C=O) groups excluding carboxylic acids is 1. The second-order valence-corrected chi connectivity index (χ2v) is 6.63. The Kier molecular flexibility index (Phi) is 5.46. The predicted octanol–water partition coefficient (Wildman–Crippen LogP) is 3.08. The molecule has 1 amide bonds. The Labute approximate surface area is 146 Å². The summed E-state index contributed by atoms with van der Waals surface area (Å²) in [5, 5.41) is 16.5. The van der Waals surface area contributed by atoms with E-state index in [9.17, 15) is 14.7 Å². The van der Waals surface area contributed by atoms with Gasteiger partial charge in [-0.15, -0.1) is 0 Å². The number of rotatable bonds is 5. The number of nitrogens with one attached hydrogen (secondary N) is 1. The molecule has 0 bridgehead atoms. The first-order chi connectivity index (χ1) is 11.7. The standard InChI is InChI=1S/C18H23N3O4/c1-12-14(13-8-6-5-7-9-13)15(16(22)23)21(20-12)11-10-19-17(24)25-18(2,3)4/h5-9H,10-11H2,1-4H3,(H,19,24)(H,22,23). The zero-order valence-corrected chi connectivity index (χ0v) is 14.9. The molecule has 0 spiro atoms. The summed E-state index contributed by atoms with van der Waals surface area (Å²) in [5.41, 5.74) is 1.53. The first-order valence-electron chi connectivity index (χ1n) is 8.02. The Balaban J connectivity index is 2.17. The highest BCUT2D eigenvalue weighted by molar-refractivity contribution is 5.95. The lowest BCUT2D eigenvalue weighted by Gasteiger charge is -2.19. The molecule has 1 heterocycles. The number of carboxylic acids is 1. The van der Waals surface area contributed by atoms with Crippen molar-refractivity contribution in [2.45, 2.75) is 39.8 Å². The number of amides is 1. The largest absolute Gasteiger partial charge is 0.477 e. The number of carbonyl (C=O) groups is 2. The topological polar surface area (TPSA) is 93.5 Å². The van der Waals surface area contributed by atoms with Gasteiger partial charge in [0, 0.05) is 12.1 Å². The average molecular weight is 345 g/mol. The molecule has 2 rings (SSSR count). The van der Waals surface area contributed by atoms with Crippen LogP contribution < -0.4 is 5.32 Å². The molecule has 0 aliphatic rings. The molecule has 0 aliphatic carbocycles. The molecule has 134 valence electrons. The lowest BCUT2D eigenvalue weighted by atomic mass is 10.0. The molecule has 7 heteroatoms. The SMILES string of the molecule is Cc1nn(CCNC(=O)OC(C)(C)C)c(C(=O)O)c1-c1ccccc1. The molecule has 1 aromatic carbocycles. The second-order valence-electron chi connectivity index (χ2n) is 6.63. The van der Waals surface area contributed by atoms with Gasteiger partial charge in [0.2, 0.25) is 0 Å². The first kappa shape index (κ1) is 18.5. The minimum absolute atomic E-state index is 0.106. The number of benzene rings is 1. The molecule has 1 aromatic heterocycles. The van der Waals surface area contributed by atoms with Crippen molar-refractivity contribution >= 4 is 12.1 Å². The molecule has 0 atom stereocenters. The van der Waals surface area contributed by atoms with Gasteiger partial charge in [0.15, 0.2) is 5.69 Å². The van der Waals surface area contributed by atoms with Gasteiger partial charge in [0.25, 0.3) is 0 Å². The molecule has 7 nitrogen and oxygen atoms in total. The molecule has 0 fully saturated rings. The fourth-order valence-corrected chi connectivity index (χ4v) is 2.49. The number of aryl methyl sites for hydroxylation is 1. The third-order valence-electron chi connectivity index (χ3n) is 3.38. The van der Waals surface area contributed by atoms with Gasteiger partial charge in [-0.05, 0) is 33.3 Å². The lowest BCUT2D eigenvalue weighted by molar-refractivity contribution is 0.0525. The van der Waals surface area contributed by atoms with E-state index in [1.165, 1.54) is 4.68 Å². The summed E-state index contributed by atoms with van der Waals surface area (Å²) in [6.07, 6.45) is -0.545. The maximum absolute atomic E-state index is 11.7. The summed E-state index contributed by atoms with van der Waals surface area (Å²) in [5.74, 6) is -1.06. The minimum Gasteiger partial charge on any atom is -0.477 e. The number of nitrogens with zero attached hydrogens (tertiary/aromatic N) is 2. The molecule has 2 N–H and O–H groups in total. The van der Waals surface area contributed by atoms with Crippen molar-refractivity contribution < 1.29 is 19.4 Å². The van der Waals surface area contributed by atoms with E-state index in [0.29, 0.717) is 11.3 Å². The van der Waals surface area contributed by atoms with E-state index in [1.807, 2.05) is 30.3 Å². The number of aromatic nitrogens is 2. The van der Waals surface area contributed by atoms with Crippen LogP contribution in [0.2, 0.25) is 0 Å². The Morgan fingerprint density at radius 1 is 1.24 bits per heavy atom. The van der Waals surface area contributed by atoms with Crippen LogP contribution >= 0.6 is 0 Å². The van der Waals surface area contributed by atoms with Crippen molar-refractivity contribution in [3.8, 4) is 11.1 Å². The number of ether oxygens (including phenoxy) is 1. The maximum atomic E-state index is 11.7. The monoisotopic (exact) mass is 345 g/mol. The highest BCUT2D eigenvalue weighted by atomic mass is 16.6. The molecule has 0 saturated carbocycles. The van der Waals surface area contributed by atoms with Crippen molar-refractivity contribution in [1.29, 1.82) is 0 Å². The summed E-state index contributed by atoms with van der Waals surface area (Å²) in [6, 6.07) is 9.26. The van der Waals surface area contributed by atoms with E-state index < -0.39 is 17.7 Å².